The Bertz CT molecular complexity index is 1370. The molecule has 12 heteroatoms. The Hall–Kier alpha value is -3.38. The second-order valence-corrected chi connectivity index (χ2v) is 9.97. The Balaban J connectivity index is 1.66. The molecule has 0 amide bonds. The zero-order valence-corrected chi connectivity index (χ0v) is 20.5. The van der Waals surface area contributed by atoms with Crippen LogP contribution in [0.2, 0.25) is 0 Å². The van der Waals surface area contributed by atoms with Crippen molar-refractivity contribution in [2.24, 2.45) is 0 Å². The number of anilines is 1. The number of pyridine rings is 1. The van der Waals surface area contributed by atoms with E-state index in [0.29, 0.717) is 30.6 Å². The molecule has 1 aromatic heterocycles. The molecule has 1 N–H and O–H groups in total. The van der Waals surface area contributed by atoms with Gasteiger partial charge in [0, 0.05) is 43.2 Å². The fraction of sp³-hybridized carbons (Fsp3) is 0.320. The number of nitrogens with zero attached hydrogens (tertiary/aromatic N) is 1. The van der Waals surface area contributed by atoms with E-state index in [1.165, 1.54) is 37.4 Å². The van der Waals surface area contributed by atoms with Crippen molar-refractivity contribution in [2.75, 3.05) is 31.7 Å². The number of halogens is 4. The lowest BCUT2D eigenvalue weighted by Crippen LogP contribution is -2.19. The largest absolute Gasteiger partial charge is 0.493 e. The van der Waals surface area contributed by atoms with E-state index in [9.17, 15) is 26.0 Å². The van der Waals surface area contributed by atoms with Crippen LogP contribution in [0, 0.1) is 5.95 Å². The van der Waals surface area contributed by atoms with E-state index in [1.54, 1.807) is 6.07 Å². The zero-order valence-electron chi connectivity index (χ0n) is 19.7. The first-order valence-corrected chi connectivity index (χ1v) is 12.8. The van der Waals surface area contributed by atoms with E-state index in [1.807, 2.05) is 0 Å². The van der Waals surface area contributed by atoms with Gasteiger partial charge in [-0.05, 0) is 36.8 Å². The standard InChI is InChI=1S/C25H24F4N2O5S/c1-34-11-3-12-35-21-14-16(25(27,28)29)6-8-19(21)18-10-13-36-22-15-17(7-9-20(18)22)37(32,33)31-24-5-2-4-23(26)30-24/h2,4-9,14-15,18H,3,10-13H2,1H3,(H,30,31). The van der Waals surface area contributed by atoms with Crippen LogP contribution in [0.4, 0.5) is 23.4 Å². The third-order valence-corrected chi connectivity index (χ3v) is 7.11. The highest BCUT2D eigenvalue weighted by molar-refractivity contribution is 7.92. The molecule has 198 valence electrons. The zero-order chi connectivity index (χ0) is 26.6. The van der Waals surface area contributed by atoms with E-state index in [2.05, 4.69) is 9.71 Å². The van der Waals surface area contributed by atoms with Crippen LogP contribution in [0.1, 0.15) is 35.4 Å². The summed E-state index contributed by atoms with van der Waals surface area (Å²) < 4.78 is 97.8. The molecule has 0 bridgehead atoms. The van der Waals surface area contributed by atoms with Gasteiger partial charge in [0.05, 0.1) is 23.7 Å². The van der Waals surface area contributed by atoms with E-state index in [-0.39, 0.29) is 35.4 Å². The first-order chi connectivity index (χ1) is 17.6. The highest BCUT2D eigenvalue weighted by Gasteiger charge is 2.33. The Morgan fingerprint density at radius 1 is 1.08 bits per heavy atom. The average Bonchev–Trinajstić information content (AvgIpc) is 2.85. The predicted molar refractivity (Wildman–Crippen MR) is 127 cm³/mol. The smallest absolute Gasteiger partial charge is 0.416 e. The second kappa shape index (κ2) is 10.9. The first kappa shape index (κ1) is 26.7. The van der Waals surface area contributed by atoms with Crippen molar-refractivity contribution in [3.8, 4) is 11.5 Å². The molecular formula is C25H24F4N2O5S. The lowest BCUT2D eigenvalue weighted by atomic mass is 9.85. The van der Waals surface area contributed by atoms with Crippen LogP contribution in [0.5, 0.6) is 11.5 Å². The molecule has 3 aromatic rings. The Labute approximate surface area is 211 Å². The summed E-state index contributed by atoms with van der Waals surface area (Å²) in [5.41, 5.74) is 0.312. The van der Waals surface area contributed by atoms with Crippen LogP contribution in [0.15, 0.2) is 59.5 Å². The van der Waals surface area contributed by atoms with Gasteiger partial charge >= 0.3 is 6.18 Å². The van der Waals surface area contributed by atoms with Gasteiger partial charge in [-0.2, -0.15) is 17.6 Å². The van der Waals surface area contributed by atoms with Crippen LogP contribution < -0.4 is 14.2 Å². The number of benzene rings is 2. The van der Waals surface area contributed by atoms with E-state index < -0.39 is 33.6 Å². The molecule has 0 fully saturated rings. The number of ether oxygens (including phenoxy) is 3. The minimum atomic E-state index is -4.54. The molecular weight excluding hydrogens is 516 g/mol. The predicted octanol–water partition coefficient (Wildman–Crippen LogP) is 5.37. The third-order valence-electron chi connectivity index (χ3n) is 5.76. The molecule has 0 aliphatic carbocycles. The quantitative estimate of drug-likeness (QED) is 0.223. The minimum absolute atomic E-state index is 0.0966. The molecule has 4 rings (SSSR count). The van der Waals surface area contributed by atoms with Gasteiger partial charge in [0.2, 0.25) is 5.95 Å². The second-order valence-electron chi connectivity index (χ2n) is 8.29. The SMILES string of the molecule is COCCCOc1cc(C(F)(F)F)ccc1C1CCOc2cc(S(=O)(=O)Nc3cccc(F)n3)ccc21. The lowest BCUT2D eigenvalue weighted by Gasteiger charge is -2.28. The number of rotatable bonds is 9. The summed E-state index contributed by atoms with van der Waals surface area (Å²) in [6.45, 7) is 0.768. The normalized spacial score (nSPS) is 15.5. The number of aromatic nitrogens is 1. The van der Waals surface area contributed by atoms with Gasteiger partial charge in [0.25, 0.3) is 10.0 Å². The number of nitrogens with one attached hydrogen (secondary N) is 1. The maximum Gasteiger partial charge on any atom is 0.416 e. The minimum Gasteiger partial charge on any atom is -0.493 e. The number of alkyl halides is 3. The van der Waals surface area contributed by atoms with Gasteiger partial charge in [0.1, 0.15) is 17.3 Å². The topological polar surface area (TPSA) is 86.8 Å². The van der Waals surface area contributed by atoms with Gasteiger partial charge in [-0.3, -0.25) is 4.72 Å². The summed E-state index contributed by atoms with van der Waals surface area (Å²) >= 11 is 0. The van der Waals surface area contributed by atoms with E-state index in [0.717, 1.165) is 18.2 Å². The Kier molecular flexibility index (Phi) is 7.88. The fourth-order valence-corrected chi connectivity index (χ4v) is 5.05. The van der Waals surface area contributed by atoms with Crippen molar-refractivity contribution >= 4 is 15.8 Å². The molecule has 7 nitrogen and oxygen atoms in total. The number of methoxy groups -OCH3 is 1. The highest BCUT2D eigenvalue weighted by Crippen LogP contribution is 2.44. The third kappa shape index (κ3) is 6.31. The van der Waals surface area contributed by atoms with Crippen molar-refractivity contribution < 1.29 is 40.2 Å². The summed E-state index contributed by atoms with van der Waals surface area (Å²) in [5, 5.41) is 0. The van der Waals surface area contributed by atoms with Gasteiger partial charge in [-0.15, -0.1) is 0 Å². The molecule has 0 saturated heterocycles. The average molecular weight is 541 g/mol. The van der Waals surface area contributed by atoms with Crippen molar-refractivity contribution in [3.63, 3.8) is 0 Å². The molecule has 1 aliphatic heterocycles. The summed E-state index contributed by atoms with van der Waals surface area (Å²) in [7, 11) is -2.59. The molecule has 1 atom stereocenters. The van der Waals surface area contributed by atoms with Crippen LogP contribution in [-0.4, -0.2) is 40.3 Å². The van der Waals surface area contributed by atoms with Gasteiger partial charge in [0.15, 0.2) is 0 Å². The number of fused-ring (bicyclic) bond motifs is 1. The maximum atomic E-state index is 13.4. The van der Waals surface area contributed by atoms with Gasteiger partial charge in [-0.1, -0.05) is 18.2 Å². The van der Waals surface area contributed by atoms with Gasteiger partial charge < -0.3 is 14.2 Å². The molecule has 1 unspecified atom stereocenters. The molecule has 0 saturated carbocycles. The Morgan fingerprint density at radius 3 is 2.59 bits per heavy atom. The summed E-state index contributed by atoms with van der Waals surface area (Å²) in [4.78, 5) is 3.37. The van der Waals surface area contributed by atoms with Crippen molar-refractivity contribution in [1.82, 2.24) is 4.98 Å². The van der Waals surface area contributed by atoms with Gasteiger partial charge in [-0.25, -0.2) is 13.4 Å². The van der Waals surface area contributed by atoms with Crippen molar-refractivity contribution in [1.29, 1.82) is 0 Å². The van der Waals surface area contributed by atoms with Crippen molar-refractivity contribution in [3.05, 3.63) is 77.2 Å². The van der Waals surface area contributed by atoms with E-state index in [4.69, 9.17) is 14.2 Å². The molecule has 2 aromatic carbocycles. The number of hydrogen-bond acceptors (Lipinski definition) is 6. The molecule has 0 spiro atoms. The first-order valence-electron chi connectivity index (χ1n) is 11.3. The lowest BCUT2D eigenvalue weighted by molar-refractivity contribution is -0.137. The molecule has 0 radical (unpaired) electrons. The molecule has 2 heterocycles. The monoisotopic (exact) mass is 540 g/mol. The fourth-order valence-electron chi connectivity index (χ4n) is 4.03. The highest BCUT2D eigenvalue weighted by atomic mass is 32.2. The maximum absolute atomic E-state index is 13.4. The molecule has 1 aliphatic rings. The summed E-state index contributed by atoms with van der Waals surface area (Å²) in [6, 6.07) is 11.3. The van der Waals surface area contributed by atoms with Crippen LogP contribution in [-0.2, 0) is 20.9 Å². The van der Waals surface area contributed by atoms with E-state index >= 15 is 0 Å². The summed E-state index contributed by atoms with van der Waals surface area (Å²) in [6.07, 6.45) is -3.60. The van der Waals surface area contributed by atoms with Crippen LogP contribution in [0.3, 0.4) is 0 Å². The number of hydrogen-bond donors (Lipinski definition) is 1. The summed E-state index contributed by atoms with van der Waals surface area (Å²) in [5.74, 6) is -1.04. The number of sulfonamides is 1. The van der Waals surface area contributed by atoms with Crippen molar-refractivity contribution in [2.45, 2.75) is 29.8 Å². The Morgan fingerprint density at radius 2 is 1.86 bits per heavy atom. The van der Waals surface area contributed by atoms with Crippen LogP contribution >= 0.6 is 0 Å². The van der Waals surface area contributed by atoms with Crippen LogP contribution in [0.25, 0.3) is 0 Å². The molecule has 37 heavy (non-hydrogen) atoms.